The Morgan fingerprint density at radius 3 is 2.43 bits per heavy atom. The van der Waals surface area contributed by atoms with Gasteiger partial charge in [0.05, 0.1) is 13.2 Å². The zero-order valence-corrected chi connectivity index (χ0v) is 16.3. The van der Waals surface area contributed by atoms with Gasteiger partial charge in [0, 0.05) is 50.0 Å². The third-order valence-corrected chi connectivity index (χ3v) is 5.21. The summed E-state index contributed by atoms with van der Waals surface area (Å²) in [4.78, 5) is 17.1. The number of carbonyl (C=O) groups excluding carboxylic acids is 1. The second kappa shape index (κ2) is 8.42. The van der Waals surface area contributed by atoms with Crippen LogP contribution in [0.2, 0.25) is 0 Å². The van der Waals surface area contributed by atoms with Crippen molar-refractivity contribution in [3.8, 4) is 11.5 Å². The zero-order valence-electron chi connectivity index (χ0n) is 16.3. The Bertz CT molecular complexity index is 804. The second-order valence-electron chi connectivity index (χ2n) is 7.23. The van der Waals surface area contributed by atoms with Gasteiger partial charge in [0.25, 0.3) is 0 Å². The Balaban J connectivity index is 1.33. The van der Waals surface area contributed by atoms with Gasteiger partial charge in [-0.25, -0.2) is 0 Å². The lowest BCUT2D eigenvalue weighted by atomic mass is 10.2. The molecule has 0 saturated carbocycles. The number of nitrogens with zero attached hydrogens (tertiary/aromatic N) is 2. The van der Waals surface area contributed by atoms with Crippen molar-refractivity contribution in [2.75, 3.05) is 49.6 Å². The maximum atomic E-state index is 12.9. The molecule has 0 aromatic heterocycles. The first-order chi connectivity index (χ1) is 13.7. The molecule has 1 saturated heterocycles. The zero-order chi connectivity index (χ0) is 19.3. The molecular formula is C22H27N3O3. The van der Waals surface area contributed by atoms with Crippen LogP contribution in [0, 0.1) is 0 Å². The van der Waals surface area contributed by atoms with Crippen LogP contribution in [0.1, 0.15) is 13.3 Å². The maximum absolute atomic E-state index is 12.9. The summed E-state index contributed by atoms with van der Waals surface area (Å²) in [6.45, 7) is 6.41. The van der Waals surface area contributed by atoms with Crippen molar-refractivity contribution in [3.63, 3.8) is 0 Å². The number of hydrogen-bond acceptors (Lipinski definition) is 5. The number of hydrogen-bond donors (Lipinski definition) is 1. The summed E-state index contributed by atoms with van der Waals surface area (Å²) in [5.41, 5.74) is 2.08. The number of anilines is 2. The minimum Gasteiger partial charge on any atom is -0.490 e. The number of benzene rings is 2. The van der Waals surface area contributed by atoms with E-state index in [1.807, 2.05) is 48.2 Å². The van der Waals surface area contributed by atoms with Gasteiger partial charge < -0.3 is 24.6 Å². The van der Waals surface area contributed by atoms with E-state index in [2.05, 4.69) is 22.3 Å². The minimum absolute atomic E-state index is 0.125. The Kier molecular flexibility index (Phi) is 5.55. The van der Waals surface area contributed by atoms with Crippen LogP contribution in [0.4, 0.5) is 11.4 Å². The first-order valence-electron chi connectivity index (χ1n) is 9.96. The Morgan fingerprint density at radius 2 is 1.68 bits per heavy atom. The van der Waals surface area contributed by atoms with Crippen molar-refractivity contribution >= 4 is 17.3 Å². The van der Waals surface area contributed by atoms with E-state index in [-0.39, 0.29) is 11.9 Å². The molecule has 4 rings (SSSR count). The molecule has 2 aromatic carbocycles. The molecule has 6 nitrogen and oxygen atoms in total. The topological polar surface area (TPSA) is 54.0 Å². The molecule has 6 heteroatoms. The van der Waals surface area contributed by atoms with Gasteiger partial charge in [-0.15, -0.1) is 0 Å². The molecule has 1 amide bonds. The molecule has 2 aliphatic heterocycles. The van der Waals surface area contributed by atoms with E-state index < -0.39 is 0 Å². The summed E-state index contributed by atoms with van der Waals surface area (Å²) in [6, 6.07) is 15.8. The highest BCUT2D eigenvalue weighted by Crippen LogP contribution is 2.32. The molecule has 1 N–H and O–H groups in total. The van der Waals surface area contributed by atoms with Crippen LogP contribution >= 0.6 is 0 Å². The maximum Gasteiger partial charge on any atom is 0.244 e. The van der Waals surface area contributed by atoms with Crippen LogP contribution < -0.4 is 19.7 Å². The summed E-state index contributed by atoms with van der Waals surface area (Å²) in [5.74, 6) is 1.62. The number of rotatable bonds is 4. The van der Waals surface area contributed by atoms with E-state index in [9.17, 15) is 4.79 Å². The lowest BCUT2D eigenvalue weighted by Gasteiger charge is -2.37. The number of carbonyl (C=O) groups is 1. The van der Waals surface area contributed by atoms with E-state index >= 15 is 0 Å². The van der Waals surface area contributed by atoms with E-state index in [1.165, 1.54) is 5.69 Å². The Labute approximate surface area is 166 Å². The average molecular weight is 381 g/mol. The van der Waals surface area contributed by atoms with Crippen LogP contribution in [-0.2, 0) is 4.79 Å². The van der Waals surface area contributed by atoms with E-state index in [1.54, 1.807) is 0 Å². The third-order valence-electron chi connectivity index (χ3n) is 5.21. The molecule has 2 aliphatic rings. The highest BCUT2D eigenvalue weighted by atomic mass is 16.5. The molecule has 0 unspecified atom stereocenters. The predicted molar refractivity (Wildman–Crippen MR) is 110 cm³/mol. The lowest BCUT2D eigenvalue weighted by molar-refractivity contribution is -0.131. The molecule has 0 bridgehead atoms. The van der Waals surface area contributed by atoms with Crippen LogP contribution in [-0.4, -0.2) is 56.2 Å². The Hall–Kier alpha value is -2.89. The lowest BCUT2D eigenvalue weighted by Crippen LogP contribution is -2.52. The third kappa shape index (κ3) is 4.16. The monoisotopic (exact) mass is 381 g/mol. The SMILES string of the molecule is C[C@H](Nc1ccc2c(c1)OCCCO2)C(=O)N1CCN(c2ccccc2)CC1. The molecule has 2 aromatic rings. The van der Waals surface area contributed by atoms with Gasteiger partial charge in [-0.1, -0.05) is 18.2 Å². The molecule has 148 valence electrons. The Morgan fingerprint density at radius 1 is 0.964 bits per heavy atom. The van der Waals surface area contributed by atoms with Crippen LogP contribution in [0.5, 0.6) is 11.5 Å². The van der Waals surface area contributed by atoms with Crippen molar-refractivity contribution in [1.29, 1.82) is 0 Å². The normalized spacial score (nSPS) is 17.6. The van der Waals surface area contributed by atoms with Gasteiger partial charge in [0.1, 0.15) is 6.04 Å². The van der Waals surface area contributed by atoms with E-state index in [0.717, 1.165) is 49.8 Å². The molecule has 0 radical (unpaired) electrons. The summed E-state index contributed by atoms with van der Waals surface area (Å²) in [7, 11) is 0. The summed E-state index contributed by atoms with van der Waals surface area (Å²) in [5, 5.41) is 3.31. The fourth-order valence-electron chi connectivity index (χ4n) is 3.66. The summed E-state index contributed by atoms with van der Waals surface area (Å²) < 4.78 is 11.4. The fourth-order valence-corrected chi connectivity index (χ4v) is 3.66. The second-order valence-corrected chi connectivity index (χ2v) is 7.23. The van der Waals surface area contributed by atoms with Crippen molar-refractivity contribution in [3.05, 3.63) is 48.5 Å². The average Bonchev–Trinajstić information content (AvgIpc) is 2.99. The summed E-state index contributed by atoms with van der Waals surface area (Å²) in [6.07, 6.45) is 0.876. The number of piperazine rings is 1. The molecule has 1 fully saturated rings. The summed E-state index contributed by atoms with van der Waals surface area (Å²) >= 11 is 0. The molecule has 28 heavy (non-hydrogen) atoms. The number of ether oxygens (including phenoxy) is 2. The predicted octanol–water partition coefficient (Wildman–Crippen LogP) is 3.00. The number of fused-ring (bicyclic) bond motifs is 1. The standard InChI is InChI=1S/C22H27N3O3/c1-17(23-18-8-9-20-21(16-18)28-15-5-14-27-20)22(26)25-12-10-24(11-13-25)19-6-3-2-4-7-19/h2-4,6-9,16-17,23H,5,10-15H2,1H3/t17-/m0/s1. The molecule has 1 atom stereocenters. The smallest absolute Gasteiger partial charge is 0.244 e. The van der Waals surface area contributed by atoms with Crippen LogP contribution in [0.15, 0.2) is 48.5 Å². The fraction of sp³-hybridized carbons (Fsp3) is 0.409. The molecule has 0 spiro atoms. The highest BCUT2D eigenvalue weighted by molar-refractivity contribution is 5.84. The molecular weight excluding hydrogens is 354 g/mol. The van der Waals surface area contributed by atoms with Crippen LogP contribution in [0.25, 0.3) is 0 Å². The largest absolute Gasteiger partial charge is 0.490 e. The first kappa shape index (κ1) is 18.5. The van der Waals surface area contributed by atoms with Crippen molar-refractivity contribution in [1.82, 2.24) is 4.90 Å². The number of amides is 1. The quantitative estimate of drug-likeness (QED) is 0.882. The van der Waals surface area contributed by atoms with Gasteiger partial charge in [-0.2, -0.15) is 0 Å². The van der Waals surface area contributed by atoms with Crippen molar-refractivity contribution < 1.29 is 14.3 Å². The molecule has 2 heterocycles. The van der Waals surface area contributed by atoms with Crippen molar-refractivity contribution in [2.45, 2.75) is 19.4 Å². The molecule has 0 aliphatic carbocycles. The van der Waals surface area contributed by atoms with Gasteiger partial charge in [0.2, 0.25) is 5.91 Å². The van der Waals surface area contributed by atoms with Crippen LogP contribution in [0.3, 0.4) is 0 Å². The first-order valence-corrected chi connectivity index (χ1v) is 9.96. The number of nitrogens with one attached hydrogen (secondary N) is 1. The van der Waals surface area contributed by atoms with Gasteiger partial charge in [-0.3, -0.25) is 4.79 Å². The number of para-hydroxylation sites is 1. The van der Waals surface area contributed by atoms with Gasteiger partial charge in [0.15, 0.2) is 11.5 Å². The van der Waals surface area contributed by atoms with Crippen molar-refractivity contribution in [2.24, 2.45) is 0 Å². The van der Waals surface area contributed by atoms with E-state index in [4.69, 9.17) is 9.47 Å². The van der Waals surface area contributed by atoms with Gasteiger partial charge >= 0.3 is 0 Å². The highest BCUT2D eigenvalue weighted by Gasteiger charge is 2.25. The van der Waals surface area contributed by atoms with E-state index in [0.29, 0.717) is 13.2 Å². The minimum atomic E-state index is -0.298. The van der Waals surface area contributed by atoms with Gasteiger partial charge in [-0.05, 0) is 31.2 Å².